The van der Waals surface area contributed by atoms with Gasteiger partial charge in [-0.2, -0.15) is 0 Å². The van der Waals surface area contributed by atoms with E-state index in [9.17, 15) is 10.2 Å². The number of phenolic OH excluding ortho intramolecular Hbond substituents is 2. The van der Waals surface area contributed by atoms with Crippen LogP contribution in [-0.4, -0.2) is 10.2 Å². The normalized spacial score (nSPS) is 22.7. The Kier molecular flexibility index (Phi) is 7.59. The lowest BCUT2D eigenvalue weighted by Gasteiger charge is -2.36. The third kappa shape index (κ3) is 5.40. The molecule has 1 aromatic carbocycles. The number of hydrogen-bond donors (Lipinski definition) is 2. The van der Waals surface area contributed by atoms with Gasteiger partial charge in [0.15, 0.2) is 0 Å². The van der Waals surface area contributed by atoms with E-state index in [0.717, 1.165) is 30.4 Å². The van der Waals surface area contributed by atoms with Gasteiger partial charge in [0.25, 0.3) is 0 Å². The van der Waals surface area contributed by atoms with Crippen molar-refractivity contribution >= 4 is 0 Å². The van der Waals surface area contributed by atoms with E-state index < -0.39 is 0 Å². The van der Waals surface area contributed by atoms with Gasteiger partial charge in [0.05, 0.1) is 0 Å². The molecule has 2 rings (SSSR count). The fourth-order valence-electron chi connectivity index (χ4n) is 4.56. The Bertz CT molecular complexity index is 661. The molecule has 0 fully saturated rings. The first kappa shape index (κ1) is 21.6. The van der Waals surface area contributed by atoms with E-state index in [-0.39, 0.29) is 23.3 Å². The van der Waals surface area contributed by atoms with E-state index in [1.807, 2.05) is 12.1 Å². The number of unbranched alkanes of at least 4 members (excludes halogenated alkanes) is 2. The minimum atomic E-state index is -0.00407. The van der Waals surface area contributed by atoms with Gasteiger partial charge in [0.1, 0.15) is 11.5 Å². The van der Waals surface area contributed by atoms with Crippen LogP contribution in [0.3, 0.4) is 0 Å². The highest BCUT2D eigenvalue weighted by molar-refractivity contribution is 5.52. The summed E-state index contributed by atoms with van der Waals surface area (Å²) in [5.74, 6) is 1.91. The molecule has 0 aliphatic heterocycles. The number of rotatable bonds is 8. The molecule has 0 amide bonds. The van der Waals surface area contributed by atoms with Crippen LogP contribution in [0.15, 0.2) is 35.9 Å². The van der Waals surface area contributed by atoms with Gasteiger partial charge in [-0.1, -0.05) is 57.4 Å². The van der Waals surface area contributed by atoms with Gasteiger partial charge in [-0.05, 0) is 75.0 Å². The van der Waals surface area contributed by atoms with Crippen LogP contribution in [0.25, 0.3) is 0 Å². The van der Waals surface area contributed by atoms with Gasteiger partial charge in [0.2, 0.25) is 0 Å². The van der Waals surface area contributed by atoms with Crippen LogP contribution in [-0.2, 0) is 6.42 Å². The number of phenols is 2. The maximum atomic E-state index is 10.8. The number of allylic oxidation sites excluding steroid dienone is 3. The summed E-state index contributed by atoms with van der Waals surface area (Å²) >= 11 is 0. The van der Waals surface area contributed by atoms with Gasteiger partial charge < -0.3 is 10.2 Å². The summed E-state index contributed by atoms with van der Waals surface area (Å²) in [6, 6.07) is 3.70. The minimum Gasteiger partial charge on any atom is -0.507 e. The van der Waals surface area contributed by atoms with E-state index in [1.165, 1.54) is 24.8 Å². The topological polar surface area (TPSA) is 40.5 Å². The first-order chi connectivity index (χ1) is 12.7. The lowest BCUT2D eigenvalue weighted by molar-refractivity contribution is 0.333. The SMILES string of the molecule is C=C(C)C1CC(CC(C)C)C(C)=CC1c1c(O)cc(CCCCC)cc1O. The van der Waals surface area contributed by atoms with Crippen molar-refractivity contribution in [1.82, 2.24) is 0 Å². The molecule has 1 aliphatic carbocycles. The summed E-state index contributed by atoms with van der Waals surface area (Å²) in [5.41, 5.74) is 4.19. The van der Waals surface area contributed by atoms with E-state index in [4.69, 9.17) is 0 Å². The van der Waals surface area contributed by atoms with Crippen molar-refractivity contribution in [2.24, 2.45) is 17.8 Å². The van der Waals surface area contributed by atoms with Gasteiger partial charge in [-0.15, -0.1) is 0 Å². The fraction of sp³-hybridized carbons (Fsp3) is 0.600. The monoisotopic (exact) mass is 370 g/mol. The zero-order chi connectivity index (χ0) is 20.1. The number of aromatic hydroxyl groups is 2. The Morgan fingerprint density at radius 3 is 2.33 bits per heavy atom. The summed E-state index contributed by atoms with van der Waals surface area (Å²) in [7, 11) is 0. The highest BCUT2D eigenvalue weighted by atomic mass is 16.3. The Morgan fingerprint density at radius 2 is 1.81 bits per heavy atom. The summed E-state index contributed by atoms with van der Waals surface area (Å²) in [4.78, 5) is 0. The number of hydrogen-bond acceptors (Lipinski definition) is 2. The second kappa shape index (κ2) is 9.48. The molecule has 0 radical (unpaired) electrons. The molecule has 2 N–H and O–H groups in total. The van der Waals surface area contributed by atoms with Crippen LogP contribution in [0, 0.1) is 17.8 Å². The van der Waals surface area contributed by atoms with Gasteiger partial charge in [-0.3, -0.25) is 0 Å². The molecule has 150 valence electrons. The van der Waals surface area contributed by atoms with E-state index >= 15 is 0 Å². The number of benzene rings is 1. The largest absolute Gasteiger partial charge is 0.507 e. The molecule has 0 heterocycles. The van der Waals surface area contributed by atoms with Crippen molar-refractivity contribution in [2.75, 3.05) is 0 Å². The zero-order valence-corrected chi connectivity index (χ0v) is 17.9. The Balaban J connectivity index is 2.36. The predicted octanol–water partition coefficient (Wildman–Crippen LogP) is 7.12. The lowest BCUT2D eigenvalue weighted by atomic mass is 9.68. The molecule has 2 heteroatoms. The first-order valence-corrected chi connectivity index (χ1v) is 10.6. The van der Waals surface area contributed by atoms with Crippen molar-refractivity contribution in [1.29, 1.82) is 0 Å². The van der Waals surface area contributed by atoms with E-state index in [1.54, 1.807) is 0 Å². The van der Waals surface area contributed by atoms with Crippen LogP contribution in [0.1, 0.15) is 83.8 Å². The van der Waals surface area contributed by atoms with Crippen molar-refractivity contribution in [3.8, 4) is 11.5 Å². The van der Waals surface area contributed by atoms with Gasteiger partial charge in [-0.25, -0.2) is 0 Å². The molecule has 1 aliphatic rings. The standard InChI is InChI=1S/C25H38O2/c1-7-8-9-10-19-13-23(26)25(24(27)14-19)22-12-18(6)20(11-16(2)3)15-21(22)17(4)5/h12-14,16,20-22,26-27H,4,7-11,15H2,1-3,5-6H3. The zero-order valence-electron chi connectivity index (χ0n) is 17.9. The summed E-state index contributed by atoms with van der Waals surface area (Å²) in [6.45, 7) is 15.2. The molecule has 3 unspecified atom stereocenters. The van der Waals surface area contributed by atoms with Crippen molar-refractivity contribution in [3.05, 3.63) is 47.1 Å². The Labute approximate surface area is 166 Å². The minimum absolute atomic E-state index is 0.00407. The molecule has 0 spiro atoms. The highest BCUT2D eigenvalue weighted by Crippen LogP contribution is 2.49. The van der Waals surface area contributed by atoms with Crippen LogP contribution in [0.2, 0.25) is 0 Å². The molecule has 3 atom stereocenters. The average molecular weight is 371 g/mol. The van der Waals surface area contributed by atoms with Crippen molar-refractivity contribution in [3.63, 3.8) is 0 Å². The van der Waals surface area contributed by atoms with Crippen LogP contribution >= 0.6 is 0 Å². The number of aryl methyl sites for hydroxylation is 1. The Morgan fingerprint density at radius 1 is 1.19 bits per heavy atom. The molecule has 27 heavy (non-hydrogen) atoms. The van der Waals surface area contributed by atoms with Crippen molar-refractivity contribution < 1.29 is 10.2 Å². The molecule has 0 saturated heterocycles. The summed E-state index contributed by atoms with van der Waals surface area (Å²) < 4.78 is 0. The highest BCUT2D eigenvalue weighted by Gasteiger charge is 2.34. The molecule has 0 aromatic heterocycles. The van der Waals surface area contributed by atoms with E-state index in [0.29, 0.717) is 17.4 Å². The Hall–Kier alpha value is -1.70. The first-order valence-electron chi connectivity index (χ1n) is 10.6. The maximum absolute atomic E-state index is 10.8. The quantitative estimate of drug-likeness (QED) is 0.378. The second-order valence-electron chi connectivity index (χ2n) is 8.96. The van der Waals surface area contributed by atoms with Crippen LogP contribution in [0.4, 0.5) is 0 Å². The maximum Gasteiger partial charge on any atom is 0.123 e. The average Bonchev–Trinajstić information content (AvgIpc) is 2.56. The lowest BCUT2D eigenvalue weighted by Crippen LogP contribution is -2.24. The smallest absolute Gasteiger partial charge is 0.123 e. The predicted molar refractivity (Wildman–Crippen MR) is 115 cm³/mol. The van der Waals surface area contributed by atoms with Gasteiger partial charge in [0, 0.05) is 11.5 Å². The van der Waals surface area contributed by atoms with E-state index in [2.05, 4.69) is 47.3 Å². The molecule has 1 aromatic rings. The fourth-order valence-corrected chi connectivity index (χ4v) is 4.56. The summed E-state index contributed by atoms with van der Waals surface area (Å²) in [5, 5.41) is 21.5. The third-order valence-electron chi connectivity index (χ3n) is 6.05. The summed E-state index contributed by atoms with van der Waals surface area (Å²) in [6.07, 6.45) is 8.80. The molecule has 2 nitrogen and oxygen atoms in total. The second-order valence-corrected chi connectivity index (χ2v) is 8.96. The molecular formula is C25H38O2. The van der Waals surface area contributed by atoms with Crippen molar-refractivity contribution in [2.45, 2.75) is 79.1 Å². The molecule has 0 bridgehead atoms. The van der Waals surface area contributed by atoms with Crippen LogP contribution < -0.4 is 0 Å². The van der Waals surface area contributed by atoms with Crippen LogP contribution in [0.5, 0.6) is 11.5 Å². The molecular weight excluding hydrogens is 332 g/mol. The van der Waals surface area contributed by atoms with Gasteiger partial charge >= 0.3 is 0 Å². The molecule has 0 saturated carbocycles. The third-order valence-corrected chi connectivity index (χ3v) is 6.05.